The predicted molar refractivity (Wildman–Crippen MR) is 80.6 cm³/mol. The number of methoxy groups -OCH3 is 1. The van der Waals surface area contributed by atoms with Gasteiger partial charge in [0.2, 0.25) is 0 Å². The minimum atomic E-state index is -0.277. The summed E-state index contributed by atoms with van der Waals surface area (Å²) in [4.78, 5) is 12.3. The number of nitrogens with one attached hydrogen (secondary N) is 1. The molecule has 2 N–H and O–H groups in total. The fourth-order valence-electron chi connectivity index (χ4n) is 2.26. The highest BCUT2D eigenvalue weighted by atomic mass is 16.5. The Labute approximate surface area is 123 Å². The molecular weight excluding hydrogens is 270 g/mol. The van der Waals surface area contributed by atoms with Gasteiger partial charge in [0.05, 0.1) is 7.11 Å². The summed E-state index contributed by atoms with van der Waals surface area (Å²) in [5.41, 5.74) is 0.563. The molecule has 1 amide bonds. The Bertz CT molecular complexity index is 618. The number of ether oxygens (including phenoxy) is 1. The van der Waals surface area contributed by atoms with E-state index >= 15 is 0 Å². The summed E-state index contributed by atoms with van der Waals surface area (Å²) < 4.78 is 10.8. The maximum absolute atomic E-state index is 12.3. The van der Waals surface area contributed by atoms with E-state index < -0.39 is 0 Å². The molecule has 21 heavy (non-hydrogen) atoms. The largest absolute Gasteiger partial charge is 0.493 e. The molecular formula is C16H21NO4. The quantitative estimate of drug-likeness (QED) is 0.858. The molecule has 114 valence electrons. The number of aliphatic hydroxyl groups excluding tert-OH is 1. The Morgan fingerprint density at radius 1 is 1.43 bits per heavy atom. The van der Waals surface area contributed by atoms with E-state index in [0.29, 0.717) is 17.8 Å². The highest BCUT2D eigenvalue weighted by Gasteiger charge is 2.20. The molecule has 0 bridgehead atoms. The van der Waals surface area contributed by atoms with Crippen molar-refractivity contribution < 1.29 is 19.1 Å². The number of hydrogen-bond acceptors (Lipinski definition) is 4. The van der Waals surface area contributed by atoms with Gasteiger partial charge in [-0.3, -0.25) is 4.79 Å². The molecule has 0 saturated heterocycles. The first-order valence-electron chi connectivity index (χ1n) is 7.05. The number of rotatable bonds is 6. The number of amides is 1. The normalized spacial score (nSPS) is 12.6. The summed E-state index contributed by atoms with van der Waals surface area (Å²) >= 11 is 0. The van der Waals surface area contributed by atoms with Crippen LogP contribution in [0.15, 0.2) is 28.7 Å². The number of carbonyl (C=O) groups is 1. The molecule has 0 aliphatic rings. The second-order valence-corrected chi connectivity index (χ2v) is 5.33. The first-order chi connectivity index (χ1) is 10.1. The standard InChI is InChI=1S/C16H21NO4/c1-10(2)12(7-8-18)17-16(19)14-9-11-5-4-6-13(20-3)15(11)21-14/h4-6,9-10,12,18H,7-8H2,1-3H3,(H,17,19). The number of benzene rings is 1. The zero-order chi connectivity index (χ0) is 15.4. The molecule has 0 radical (unpaired) electrons. The molecule has 0 saturated carbocycles. The Balaban J connectivity index is 2.23. The van der Waals surface area contributed by atoms with Crippen LogP contribution in [0.25, 0.3) is 11.0 Å². The maximum Gasteiger partial charge on any atom is 0.287 e. The lowest BCUT2D eigenvalue weighted by atomic mass is 10.0. The molecule has 1 unspecified atom stereocenters. The van der Waals surface area contributed by atoms with Crippen LogP contribution in [0.3, 0.4) is 0 Å². The highest BCUT2D eigenvalue weighted by Crippen LogP contribution is 2.28. The monoisotopic (exact) mass is 291 g/mol. The van der Waals surface area contributed by atoms with Crippen LogP contribution < -0.4 is 10.1 Å². The van der Waals surface area contributed by atoms with Gasteiger partial charge in [0.15, 0.2) is 17.1 Å². The Hall–Kier alpha value is -2.01. The molecule has 1 aromatic carbocycles. The van der Waals surface area contributed by atoms with Gasteiger partial charge in [-0.05, 0) is 24.5 Å². The van der Waals surface area contributed by atoms with E-state index in [9.17, 15) is 4.79 Å². The van der Waals surface area contributed by atoms with Crippen LogP contribution in [0.2, 0.25) is 0 Å². The van der Waals surface area contributed by atoms with Crippen molar-refractivity contribution in [2.45, 2.75) is 26.3 Å². The van der Waals surface area contributed by atoms with Crippen molar-refractivity contribution in [3.8, 4) is 5.75 Å². The van der Waals surface area contributed by atoms with E-state index in [0.717, 1.165) is 5.39 Å². The number of aliphatic hydroxyl groups is 1. The lowest BCUT2D eigenvalue weighted by Gasteiger charge is -2.20. The Morgan fingerprint density at radius 3 is 2.81 bits per heavy atom. The van der Waals surface area contributed by atoms with Gasteiger partial charge in [0.25, 0.3) is 5.91 Å². The van der Waals surface area contributed by atoms with Gasteiger partial charge in [0.1, 0.15) is 0 Å². The zero-order valence-corrected chi connectivity index (χ0v) is 12.6. The summed E-state index contributed by atoms with van der Waals surface area (Å²) in [6.45, 7) is 4.04. The lowest BCUT2D eigenvalue weighted by molar-refractivity contribution is 0.0890. The molecule has 0 aliphatic carbocycles. The van der Waals surface area contributed by atoms with Gasteiger partial charge in [-0.15, -0.1) is 0 Å². The van der Waals surface area contributed by atoms with E-state index in [1.807, 2.05) is 26.0 Å². The third kappa shape index (κ3) is 3.36. The SMILES string of the molecule is COc1cccc2cc(C(=O)NC(CCO)C(C)C)oc12. The minimum absolute atomic E-state index is 0.0388. The van der Waals surface area contributed by atoms with Crippen LogP contribution in [0.4, 0.5) is 0 Å². The van der Waals surface area contributed by atoms with Gasteiger partial charge < -0.3 is 19.6 Å². The van der Waals surface area contributed by atoms with Crippen molar-refractivity contribution in [1.82, 2.24) is 5.32 Å². The zero-order valence-electron chi connectivity index (χ0n) is 12.6. The van der Waals surface area contributed by atoms with Gasteiger partial charge in [-0.1, -0.05) is 26.0 Å². The summed E-state index contributed by atoms with van der Waals surface area (Å²) in [5.74, 6) is 0.806. The molecule has 0 aliphatic heterocycles. The number of para-hydroxylation sites is 1. The molecule has 0 spiro atoms. The van der Waals surface area contributed by atoms with Crippen molar-refractivity contribution in [2.75, 3.05) is 13.7 Å². The highest BCUT2D eigenvalue weighted by molar-refractivity contribution is 5.97. The molecule has 5 nitrogen and oxygen atoms in total. The summed E-state index contributed by atoms with van der Waals surface area (Å²) in [7, 11) is 1.56. The third-order valence-corrected chi connectivity index (χ3v) is 3.51. The number of furan rings is 1. The molecule has 0 fully saturated rings. The second-order valence-electron chi connectivity index (χ2n) is 5.33. The topological polar surface area (TPSA) is 71.7 Å². The van der Waals surface area contributed by atoms with Crippen LogP contribution in [0.5, 0.6) is 5.75 Å². The average Bonchev–Trinajstić information content (AvgIpc) is 2.90. The number of fused-ring (bicyclic) bond motifs is 1. The second kappa shape index (κ2) is 6.63. The first-order valence-corrected chi connectivity index (χ1v) is 7.05. The van der Waals surface area contributed by atoms with Crippen molar-refractivity contribution in [3.05, 3.63) is 30.0 Å². The van der Waals surface area contributed by atoms with Crippen LogP contribution in [0.1, 0.15) is 30.8 Å². The molecule has 5 heteroatoms. The minimum Gasteiger partial charge on any atom is -0.493 e. The van der Waals surface area contributed by atoms with E-state index in [1.54, 1.807) is 19.2 Å². The van der Waals surface area contributed by atoms with Gasteiger partial charge in [0, 0.05) is 18.0 Å². The Morgan fingerprint density at radius 2 is 2.19 bits per heavy atom. The molecule has 1 aromatic heterocycles. The summed E-state index contributed by atoms with van der Waals surface area (Å²) in [5, 5.41) is 12.8. The fourth-order valence-corrected chi connectivity index (χ4v) is 2.26. The van der Waals surface area contributed by atoms with Gasteiger partial charge in [-0.25, -0.2) is 0 Å². The van der Waals surface area contributed by atoms with Crippen LogP contribution in [-0.2, 0) is 0 Å². The van der Waals surface area contributed by atoms with E-state index in [1.165, 1.54) is 0 Å². The maximum atomic E-state index is 12.3. The average molecular weight is 291 g/mol. The molecule has 1 atom stereocenters. The van der Waals surface area contributed by atoms with Crippen molar-refractivity contribution >= 4 is 16.9 Å². The predicted octanol–water partition coefficient (Wildman–Crippen LogP) is 2.58. The number of hydrogen-bond donors (Lipinski definition) is 2. The Kier molecular flexibility index (Phi) is 4.85. The smallest absolute Gasteiger partial charge is 0.287 e. The van der Waals surface area contributed by atoms with Crippen molar-refractivity contribution in [3.63, 3.8) is 0 Å². The molecule has 2 rings (SSSR count). The van der Waals surface area contributed by atoms with E-state index in [-0.39, 0.29) is 30.2 Å². The van der Waals surface area contributed by atoms with Crippen molar-refractivity contribution in [2.24, 2.45) is 5.92 Å². The van der Waals surface area contributed by atoms with Crippen LogP contribution in [-0.4, -0.2) is 30.8 Å². The van der Waals surface area contributed by atoms with Crippen molar-refractivity contribution in [1.29, 1.82) is 0 Å². The summed E-state index contributed by atoms with van der Waals surface area (Å²) in [6.07, 6.45) is 0.521. The molecule has 1 heterocycles. The van der Waals surface area contributed by atoms with E-state index in [2.05, 4.69) is 5.32 Å². The summed E-state index contributed by atoms with van der Waals surface area (Å²) in [6, 6.07) is 7.12. The lowest BCUT2D eigenvalue weighted by Crippen LogP contribution is -2.39. The third-order valence-electron chi connectivity index (χ3n) is 3.51. The van der Waals surface area contributed by atoms with Crippen LogP contribution >= 0.6 is 0 Å². The number of carbonyl (C=O) groups excluding carboxylic acids is 1. The van der Waals surface area contributed by atoms with Gasteiger partial charge >= 0.3 is 0 Å². The van der Waals surface area contributed by atoms with Crippen LogP contribution in [0, 0.1) is 5.92 Å². The fraction of sp³-hybridized carbons (Fsp3) is 0.438. The van der Waals surface area contributed by atoms with E-state index in [4.69, 9.17) is 14.3 Å². The van der Waals surface area contributed by atoms with Gasteiger partial charge in [-0.2, -0.15) is 0 Å². The molecule has 2 aromatic rings. The first kappa shape index (κ1) is 15.4.